The molecule has 0 fully saturated rings. The predicted octanol–water partition coefficient (Wildman–Crippen LogP) is 2.80. The van der Waals surface area contributed by atoms with E-state index < -0.39 is 6.16 Å². The zero-order valence-corrected chi connectivity index (χ0v) is 16.5. The van der Waals surface area contributed by atoms with Crippen LogP contribution < -0.4 is 20.1 Å². The molecule has 0 saturated heterocycles. The molecular formula is C20H21ClN2O6. The minimum absolute atomic E-state index is 0.141. The molecule has 0 aliphatic rings. The zero-order valence-electron chi connectivity index (χ0n) is 15.8. The number of rotatable bonds is 9. The van der Waals surface area contributed by atoms with E-state index in [0.29, 0.717) is 16.3 Å². The first-order chi connectivity index (χ1) is 14.0. The summed E-state index contributed by atoms with van der Waals surface area (Å²) in [5.41, 5.74) is 0.388. The van der Waals surface area contributed by atoms with E-state index in [-0.39, 0.29) is 43.9 Å². The molecule has 0 unspecified atom stereocenters. The van der Waals surface area contributed by atoms with Gasteiger partial charge in [-0.05, 0) is 55.5 Å². The maximum atomic E-state index is 12.1. The molecule has 2 amide bonds. The molecule has 2 aromatic carbocycles. The lowest BCUT2D eigenvalue weighted by Gasteiger charge is -2.09. The van der Waals surface area contributed by atoms with E-state index in [1.807, 2.05) is 0 Å². The molecule has 0 radical (unpaired) electrons. The topological polar surface area (TPSA) is 103 Å². The Kier molecular flexibility index (Phi) is 8.78. The predicted molar refractivity (Wildman–Crippen MR) is 106 cm³/mol. The van der Waals surface area contributed by atoms with Gasteiger partial charge in [-0.2, -0.15) is 0 Å². The third-order valence-corrected chi connectivity index (χ3v) is 3.75. The van der Waals surface area contributed by atoms with Gasteiger partial charge in [-0.1, -0.05) is 11.6 Å². The average Bonchev–Trinajstić information content (AvgIpc) is 2.71. The van der Waals surface area contributed by atoms with Crippen LogP contribution in [0.2, 0.25) is 5.02 Å². The normalized spacial score (nSPS) is 10.0. The summed E-state index contributed by atoms with van der Waals surface area (Å²) in [5, 5.41) is 5.89. The van der Waals surface area contributed by atoms with Gasteiger partial charge >= 0.3 is 6.16 Å². The van der Waals surface area contributed by atoms with Gasteiger partial charge in [0.25, 0.3) is 11.8 Å². The SMILES string of the molecule is CCOC(=O)Oc1ccc(C(=O)NCCNC(=O)COc2ccc(Cl)cc2)cc1. The highest BCUT2D eigenvalue weighted by Gasteiger charge is 2.08. The quantitative estimate of drug-likeness (QED) is 0.367. The minimum Gasteiger partial charge on any atom is -0.484 e. The van der Waals surface area contributed by atoms with E-state index in [4.69, 9.17) is 21.1 Å². The molecule has 0 aromatic heterocycles. The monoisotopic (exact) mass is 420 g/mol. The van der Waals surface area contributed by atoms with Crippen LogP contribution in [0.15, 0.2) is 48.5 Å². The van der Waals surface area contributed by atoms with E-state index in [0.717, 1.165) is 0 Å². The van der Waals surface area contributed by atoms with Crippen molar-refractivity contribution in [3.8, 4) is 11.5 Å². The maximum absolute atomic E-state index is 12.1. The Morgan fingerprint density at radius 2 is 1.52 bits per heavy atom. The number of ether oxygens (including phenoxy) is 3. The van der Waals surface area contributed by atoms with Crippen LogP contribution in [0.4, 0.5) is 4.79 Å². The van der Waals surface area contributed by atoms with Crippen molar-refractivity contribution in [1.29, 1.82) is 0 Å². The minimum atomic E-state index is -0.805. The van der Waals surface area contributed by atoms with Crippen molar-refractivity contribution in [1.82, 2.24) is 10.6 Å². The van der Waals surface area contributed by atoms with Crippen molar-refractivity contribution in [2.75, 3.05) is 26.3 Å². The van der Waals surface area contributed by atoms with Crippen molar-refractivity contribution < 1.29 is 28.6 Å². The molecule has 2 rings (SSSR count). The van der Waals surface area contributed by atoms with Crippen LogP contribution in [0.5, 0.6) is 11.5 Å². The summed E-state index contributed by atoms with van der Waals surface area (Å²) >= 11 is 5.77. The Balaban J connectivity index is 1.65. The lowest BCUT2D eigenvalue weighted by molar-refractivity contribution is -0.123. The molecule has 2 aromatic rings. The van der Waals surface area contributed by atoms with Crippen LogP contribution >= 0.6 is 11.6 Å². The molecule has 0 atom stereocenters. The van der Waals surface area contributed by atoms with Crippen molar-refractivity contribution in [3.05, 3.63) is 59.1 Å². The largest absolute Gasteiger partial charge is 0.513 e. The fourth-order valence-electron chi connectivity index (χ4n) is 2.13. The molecule has 8 nitrogen and oxygen atoms in total. The Morgan fingerprint density at radius 1 is 0.897 bits per heavy atom. The fourth-order valence-corrected chi connectivity index (χ4v) is 2.25. The Bertz CT molecular complexity index is 824. The van der Waals surface area contributed by atoms with Gasteiger partial charge in [-0.25, -0.2) is 4.79 Å². The van der Waals surface area contributed by atoms with Crippen LogP contribution in [0.1, 0.15) is 17.3 Å². The first kappa shape index (κ1) is 22.0. The lowest BCUT2D eigenvalue weighted by atomic mass is 10.2. The summed E-state index contributed by atoms with van der Waals surface area (Å²) in [6, 6.07) is 12.7. The van der Waals surface area contributed by atoms with Crippen molar-refractivity contribution >= 4 is 29.6 Å². The first-order valence-electron chi connectivity index (χ1n) is 8.86. The second-order valence-corrected chi connectivity index (χ2v) is 6.09. The molecule has 0 aliphatic carbocycles. The fraction of sp³-hybridized carbons (Fsp3) is 0.250. The summed E-state index contributed by atoms with van der Waals surface area (Å²) in [5.74, 6) is 0.176. The molecule has 2 N–H and O–H groups in total. The van der Waals surface area contributed by atoms with Gasteiger partial charge in [0.2, 0.25) is 0 Å². The smallest absolute Gasteiger partial charge is 0.484 e. The van der Waals surface area contributed by atoms with Gasteiger partial charge in [0.05, 0.1) is 6.61 Å². The number of nitrogens with one attached hydrogen (secondary N) is 2. The van der Waals surface area contributed by atoms with Gasteiger partial charge < -0.3 is 24.8 Å². The van der Waals surface area contributed by atoms with E-state index >= 15 is 0 Å². The van der Waals surface area contributed by atoms with Crippen LogP contribution in [0.25, 0.3) is 0 Å². The van der Waals surface area contributed by atoms with Crippen molar-refractivity contribution in [2.45, 2.75) is 6.92 Å². The molecule has 29 heavy (non-hydrogen) atoms. The second kappa shape index (κ2) is 11.6. The molecule has 0 spiro atoms. The summed E-state index contributed by atoms with van der Waals surface area (Å²) in [7, 11) is 0. The van der Waals surface area contributed by atoms with Crippen molar-refractivity contribution in [3.63, 3.8) is 0 Å². The molecule has 9 heteroatoms. The highest BCUT2D eigenvalue weighted by atomic mass is 35.5. The number of carbonyl (C=O) groups is 3. The number of halogens is 1. The molecule has 0 aliphatic heterocycles. The zero-order chi connectivity index (χ0) is 21.1. The van der Waals surface area contributed by atoms with Crippen LogP contribution in [0, 0.1) is 0 Å². The molecule has 0 bridgehead atoms. The standard InChI is InChI=1S/C20H21ClN2O6/c1-2-27-20(26)29-17-7-3-14(4-8-17)19(25)23-12-11-22-18(24)13-28-16-9-5-15(21)6-10-16/h3-10H,2,11-13H2,1H3,(H,22,24)(H,23,25). The summed E-state index contributed by atoms with van der Waals surface area (Å²) < 4.78 is 14.9. The van der Waals surface area contributed by atoms with Gasteiger partial charge in [0.1, 0.15) is 11.5 Å². The third-order valence-electron chi connectivity index (χ3n) is 3.50. The highest BCUT2D eigenvalue weighted by molar-refractivity contribution is 6.30. The Hall–Kier alpha value is -3.26. The average molecular weight is 421 g/mol. The summed E-state index contributed by atoms with van der Waals surface area (Å²) in [6.07, 6.45) is -0.805. The molecule has 154 valence electrons. The molecule has 0 heterocycles. The summed E-state index contributed by atoms with van der Waals surface area (Å²) in [4.78, 5) is 35.0. The number of amides is 2. The van der Waals surface area contributed by atoms with Crippen LogP contribution in [0.3, 0.4) is 0 Å². The van der Waals surface area contributed by atoms with Gasteiger partial charge in [0, 0.05) is 23.7 Å². The van der Waals surface area contributed by atoms with Crippen molar-refractivity contribution in [2.24, 2.45) is 0 Å². The van der Waals surface area contributed by atoms with E-state index in [2.05, 4.69) is 15.4 Å². The van der Waals surface area contributed by atoms with Gasteiger partial charge in [-0.3, -0.25) is 9.59 Å². The molecular weight excluding hydrogens is 400 g/mol. The van der Waals surface area contributed by atoms with Gasteiger partial charge in [-0.15, -0.1) is 0 Å². The lowest BCUT2D eigenvalue weighted by Crippen LogP contribution is -2.36. The highest BCUT2D eigenvalue weighted by Crippen LogP contribution is 2.15. The van der Waals surface area contributed by atoms with E-state index in [1.165, 1.54) is 24.3 Å². The van der Waals surface area contributed by atoms with Crippen LogP contribution in [-0.4, -0.2) is 44.3 Å². The second-order valence-electron chi connectivity index (χ2n) is 5.66. The van der Waals surface area contributed by atoms with E-state index in [1.54, 1.807) is 31.2 Å². The van der Waals surface area contributed by atoms with E-state index in [9.17, 15) is 14.4 Å². The Labute approximate surface area is 173 Å². The third kappa shape index (κ3) is 8.10. The number of hydrogen-bond acceptors (Lipinski definition) is 6. The molecule has 0 saturated carbocycles. The number of carbonyl (C=O) groups excluding carboxylic acids is 3. The Morgan fingerprint density at radius 3 is 2.17 bits per heavy atom. The first-order valence-corrected chi connectivity index (χ1v) is 9.23. The number of benzene rings is 2. The van der Waals surface area contributed by atoms with Crippen LogP contribution in [-0.2, 0) is 9.53 Å². The maximum Gasteiger partial charge on any atom is 0.513 e. The number of hydrogen-bond donors (Lipinski definition) is 2. The summed E-state index contributed by atoms with van der Waals surface area (Å²) in [6.45, 7) is 2.23. The van der Waals surface area contributed by atoms with Gasteiger partial charge in [0.15, 0.2) is 6.61 Å².